The van der Waals surface area contributed by atoms with E-state index in [4.69, 9.17) is 4.52 Å². The Morgan fingerprint density at radius 3 is 2.27 bits per heavy atom. The summed E-state index contributed by atoms with van der Waals surface area (Å²) in [6, 6.07) is 0. The van der Waals surface area contributed by atoms with E-state index in [-0.39, 0.29) is 31.6 Å². The van der Waals surface area contributed by atoms with Gasteiger partial charge in [-0.2, -0.15) is 0 Å². The van der Waals surface area contributed by atoms with Crippen LogP contribution < -0.4 is 0 Å². The fraction of sp³-hybridized carbons (Fsp3) is 1.00. The molecule has 2 nitrogen and oxygen atoms in total. The minimum atomic E-state index is -0.167. The molecule has 1 aliphatic carbocycles. The highest BCUT2D eigenvalue weighted by Gasteiger charge is 2.27. The van der Waals surface area contributed by atoms with E-state index in [9.17, 15) is 4.57 Å². The van der Waals surface area contributed by atoms with Gasteiger partial charge in [-0.25, -0.2) is 4.57 Å². The van der Waals surface area contributed by atoms with Gasteiger partial charge in [-0.15, -0.1) is 0 Å². The standard InChI is InChI=1S/C7H13O2P.Al.3H/c1-7(9-10-8)5-3-2-4-6-7;;;;/h2-6H2,1H3;;;;. The lowest BCUT2D eigenvalue weighted by molar-refractivity contribution is 0.0627. The fourth-order valence-corrected chi connectivity index (χ4v) is 1.84. The molecule has 0 bridgehead atoms. The van der Waals surface area contributed by atoms with Crippen LogP contribution in [-0.2, 0) is 9.09 Å². The highest BCUT2D eigenvalue weighted by molar-refractivity contribution is 7.17. The Labute approximate surface area is 80.1 Å². The molecule has 0 aromatic rings. The molecule has 0 spiro atoms. The minimum absolute atomic E-state index is 0. The predicted octanol–water partition coefficient (Wildman–Crippen LogP) is 1.75. The molecule has 64 valence electrons. The van der Waals surface area contributed by atoms with Crippen LogP contribution in [0.2, 0.25) is 0 Å². The van der Waals surface area contributed by atoms with E-state index in [1.165, 1.54) is 19.3 Å². The van der Waals surface area contributed by atoms with Gasteiger partial charge in [-0.3, -0.25) is 4.52 Å². The topological polar surface area (TPSA) is 26.3 Å². The van der Waals surface area contributed by atoms with E-state index in [2.05, 4.69) is 0 Å². The van der Waals surface area contributed by atoms with Crippen molar-refractivity contribution in [3.8, 4) is 0 Å². The Morgan fingerprint density at radius 1 is 1.27 bits per heavy atom. The maximum absolute atomic E-state index is 10.2. The van der Waals surface area contributed by atoms with Crippen LogP contribution in [0.5, 0.6) is 0 Å². The molecule has 11 heavy (non-hydrogen) atoms. The van der Waals surface area contributed by atoms with Gasteiger partial charge in [0, 0.05) is 0 Å². The third kappa shape index (κ3) is 3.67. The summed E-state index contributed by atoms with van der Waals surface area (Å²) in [4.78, 5) is 0. The van der Waals surface area contributed by atoms with E-state index in [0.29, 0.717) is 0 Å². The van der Waals surface area contributed by atoms with Crippen molar-refractivity contribution in [2.45, 2.75) is 44.6 Å². The first-order valence-corrected chi connectivity index (χ1v) is 4.51. The molecule has 0 atom stereocenters. The Kier molecular flexibility index (Phi) is 5.56. The van der Waals surface area contributed by atoms with Gasteiger partial charge >= 0.3 is 8.69 Å². The number of hydrogen-bond donors (Lipinski definition) is 0. The monoisotopic (exact) mass is 190 g/mol. The molecule has 0 N–H and O–H groups in total. The molecule has 1 rings (SSSR count). The first-order chi connectivity index (χ1) is 4.77. The zero-order valence-electron chi connectivity index (χ0n) is 6.30. The molecule has 0 amide bonds. The van der Waals surface area contributed by atoms with Crippen LogP contribution >= 0.6 is 8.69 Å². The Bertz CT molecular complexity index is 124. The molecular weight excluding hydrogens is 174 g/mol. The molecule has 1 saturated carbocycles. The maximum Gasteiger partial charge on any atom is 0.327 e. The van der Waals surface area contributed by atoms with Gasteiger partial charge in [0.25, 0.3) is 0 Å². The average molecular weight is 190 g/mol. The quantitative estimate of drug-likeness (QED) is 0.489. The molecule has 0 radical (unpaired) electrons. The Hall–Kier alpha value is 0.592. The summed E-state index contributed by atoms with van der Waals surface area (Å²) < 4.78 is 15.2. The maximum atomic E-state index is 10.2. The van der Waals surface area contributed by atoms with E-state index in [0.717, 1.165) is 12.8 Å². The SMILES string of the molecule is CC1(OP=O)CCCCC1.[AlH3]. The Morgan fingerprint density at radius 2 is 1.82 bits per heavy atom. The molecule has 1 fully saturated rings. The zero-order chi connectivity index (χ0) is 7.45. The number of hydrogen-bond acceptors (Lipinski definition) is 2. The van der Waals surface area contributed by atoms with Gasteiger partial charge in [0.05, 0.1) is 5.60 Å². The van der Waals surface area contributed by atoms with Crippen LogP contribution in [0.1, 0.15) is 39.0 Å². The van der Waals surface area contributed by atoms with E-state index in [1.54, 1.807) is 0 Å². The second-order valence-electron chi connectivity index (χ2n) is 3.18. The zero-order valence-corrected chi connectivity index (χ0v) is 7.19. The van der Waals surface area contributed by atoms with Crippen molar-refractivity contribution in [1.29, 1.82) is 0 Å². The van der Waals surface area contributed by atoms with Crippen molar-refractivity contribution >= 4 is 26.0 Å². The second kappa shape index (κ2) is 5.28. The summed E-state index contributed by atoms with van der Waals surface area (Å²) in [5, 5.41) is 0. The van der Waals surface area contributed by atoms with Gasteiger partial charge in [0.1, 0.15) is 0 Å². The van der Waals surface area contributed by atoms with E-state index < -0.39 is 0 Å². The first kappa shape index (κ1) is 11.6. The van der Waals surface area contributed by atoms with Crippen molar-refractivity contribution < 1.29 is 9.09 Å². The first-order valence-electron chi connectivity index (χ1n) is 3.78. The van der Waals surface area contributed by atoms with E-state index >= 15 is 0 Å². The molecule has 0 aliphatic heterocycles. The molecule has 0 unspecified atom stereocenters. The van der Waals surface area contributed by atoms with Gasteiger partial charge in [0.15, 0.2) is 17.4 Å². The van der Waals surface area contributed by atoms with Gasteiger partial charge < -0.3 is 0 Å². The van der Waals surface area contributed by atoms with Crippen LogP contribution in [0.3, 0.4) is 0 Å². The third-order valence-electron chi connectivity index (χ3n) is 2.17. The lowest BCUT2D eigenvalue weighted by Gasteiger charge is -2.29. The smallest absolute Gasteiger partial charge is 0.288 e. The van der Waals surface area contributed by atoms with Crippen LogP contribution in [0.15, 0.2) is 0 Å². The van der Waals surface area contributed by atoms with Crippen molar-refractivity contribution in [3.05, 3.63) is 0 Å². The summed E-state index contributed by atoms with van der Waals surface area (Å²) in [5.74, 6) is 0. The highest BCUT2D eigenvalue weighted by atomic mass is 31.1. The summed E-state index contributed by atoms with van der Waals surface area (Å²) in [5.41, 5.74) is -0.0957. The minimum Gasteiger partial charge on any atom is -0.288 e. The van der Waals surface area contributed by atoms with Gasteiger partial charge in [0.2, 0.25) is 0 Å². The molecular formula is C7H16AlO2P. The summed E-state index contributed by atoms with van der Waals surface area (Å²) >= 11 is 0. The molecule has 0 heterocycles. The molecule has 0 aromatic carbocycles. The summed E-state index contributed by atoms with van der Waals surface area (Å²) in [6.45, 7) is 2.04. The van der Waals surface area contributed by atoms with Gasteiger partial charge in [-0.1, -0.05) is 19.3 Å². The van der Waals surface area contributed by atoms with E-state index in [1.807, 2.05) is 6.92 Å². The van der Waals surface area contributed by atoms with Gasteiger partial charge in [-0.05, 0) is 19.8 Å². The fourth-order valence-electron chi connectivity index (χ4n) is 1.48. The lowest BCUT2D eigenvalue weighted by Crippen LogP contribution is -2.27. The normalized spacial score (nSPS) is 22.6. The molecule has 4 heteroatoms. The third-order valence-corrected chi connectivity index (χ3v) is 2.68. The van der Waals surface area contributed by atoms with Crippen molar-refractivity contribution in [2.24, 2.45) is 0 Å². The van der Waals surface area contributed by atoms with Crippen LogP contribution in [0.4, 0.5) is 0 Å². The largest absolute Gasteiger partial charge is 0.327 e. The van der Waals surface area contributed by atoms with Crippen molar-refractivity contribution in [2.75, 3.05) is 0 Å². The lowest BCUT2D eigenvalue weighted by atomic mass is 9.87. The molecule has 1 aliphatic rings. The van der Waals surface area contributed by atoms with Crippen molar-refractivity contribution in [1.82, 2.24) is 0 Å². The van der Waals surface area contributed by atoms with Crippen LogP contribution in [0, 0.1) is 0 Å². The Balaban J connectivity index is 0.000001000. The summed E-state index contributed by atoms with van der Waals surface area (Å²) in [6.07, 6.45) is 5.84. The summed E-state index contributed by atoms with van der Waals surface area (Å²) in [7, 11) is -0.167. The van der Waals surface area contributed by atoms with Crippen molar-refractivity contribution in [3.63, 3.8) is 0 Å². The average Bonchev–Trinajstić information content (AvgIpc) is 1.89. The number of rotatable bonds is 2. The predicted molar refractivity (Wildman–Crippen MR) is 50.1 cm³/mol. The molecule has 0 saturated heterocycles. The van der Waals surface area contributed by atoms with Crippen LogP contribution in [-0.4, -0.2) is 23.0 Å². The van der Waals surface area contributed by atoms with Crippen LogP contribution in [0.25, 0.3) is 0 Å². The molecule has 0 aromatic heterocycles. The second-order valence-corrected chi connectivity index (χ2v) is 3.51. The highest BCUT2D eigenvalue weighted by Crippen LogP contribution is 2.33.